The zero-order valence-corrected chi connectivity index (χ0v) is 37.5. The lowest BCUT2D eigenvalue weighted by Gasteiger charge is -2.42. The first-order valence-electron chi connectivity index (χ1n) is 21.6. The zero-order valence-electron chi connectivity index (χ0n) is 37.5. The molecule has 2 bridgehead atoms. The number of esters is 1. The molecule has 8 atom stereocenters. The van der Waals surface area contributed by atoms with Gasteiger partial charge in [-0.3, -0.25) is 33.8 Å². The van der Waals surface area contributed by atoms with Gasteiger partial charge in [0.25, 0.3) is 11.8 Å². The summed E-state index contributed by atoms with van der Waals surface area (Å²) in [6.07, 6.45) is 3.60. The number of ketones is 1. The molecule has 3 aliphatic rings. The molecule has 6 N–H and O–H groups in total. The average Bonchev–Trinajstić information content (AvgIpc) is 3.25. The second kappa shape index (κ2) is 22.9. The van der Waals surface area contributed by atoms with Gasteiger partial charge in [-0.1, -0.05) is 69.4 Å². The number of ether oxygens (including phenoxy) is 1. The smallest absolute Gasteiger partial charge is 0.419 e. The Bertz CT molecular complexity index is 2100. The fraction of sp³-hybridized carbons (Fsp3) is 0.556. The number of rotatable bonds is 9. The van der Waals surface area contributed by atoms with Crippen LogP contribution in [0.3, 0.4) is 0 Å². The number of hydrogen-bond donors (Lipinski definition) is 6. The van der Waals surface area contributed by atoms with Crippen molar-refractivity contribution in [1.29, 1.82) is 0 Å². The monoisotopic (exact) mass is 957 g/mol. The van der Waals surface area contributed by atoms with Crippen molar-refractivity contribution in [2.24, 2.45) is 17.8 Å². The molecule has 4 amide bonds. The summed E-state index contributed by atoms with van der Waals surface area (Å²) in [4.78, 5) is 84.7. The van der Waals surface area contributed by atoms with E-state index in [9.17, 15) is 70.4 Å². The van der Waals surface area contributed by atoms with Crippen LogP contribution in [0.2, 0.25) is 0 Å². The standard InChI is InChI=1S/C45H57F6N5O11/c1-25(2)37-40(63)52-33(23-29-13-10-14-30(58)22-29)41(64)55-21-11-15-32(54-55)42(65)67-35(26(3)12-9-18-36(60)56-45(50,51)44(48,49)43(46,47)24-66-56)17-8-6-7-16-34(59)28(5)38(61)31(39(62)53-37)20-19-27(4)57/h6-10,12-14,16,18,22,25,28,31-35,37-38,54,58-59,61H,11,15,17,19-21,23-24H2,1-5H3,(H,52,63)(H,53,62)/b8-6+,16-7+,18-9+,26-12+/t28-,31+,32?,33-,34-,35-,37-,38+/m0/s1. The number of alkyl halides is 6. The van der Waals surface area contributed by atoms with Crippen LogP contribution >= 0.6 is 0 Å². The summed E-state index contributed by atoms with van der Waals surface area (Å²) in [6, 6.07) is -3.63. The maximum Gasteiger partial charge on any atom is 0.419 e. The molecule has 370 valence electrons. The van der Waals surface area contributed by atoms with Crippen LogP contribution in [-0.2, 0) is 44.8 Å². The number of phenols is 1. The molecule has 0 saturated carbocycles. The number of phenolic OH excluding ortho intramolecular Hbond substituents is 1. The van der Waals surface area contributed by atoms with Crippen LogP contribution in [0.4, 0.5) is 26.3 Å². The van der Waals surface area contributed by atoms with Crippen LogP contribution in [0.1, 0.15) is 72.3 Å². The van der Waals surface area contributed by atoms with E-state index < -0.39 is 113 Å². The molecule has 0 aromatic heterocycles. The number of fused-ring (bicyclic) bond motifs is 2. The number of allylic oxidation sites excluding steroid dienone is 4. The molecule has 0 radical (unpaired) electrons. The largest absolute Gasteiger partial charge is 0.508 e. The third-order valence-corrected chi connectivity index (χ3v) is 11.5. The fourth-order valence-electron chi connectivity index (χ4n) is 7.37. The number of aliphatic hydroxyl groups excluding tert-OH is 2. The summed E-state index contributed by atoms with van der Waals surface area (Å²) >= 11 is 0. The Balaban J connectivity index is 1.71. The number of hydrazine groups is 1. The van der Waals surface area contributed by atoms with E-state index in [-0.39, 0.29) is 62.2 Å². The first-order chi connectivity index (χ1) is 31.3. The van der Waals surface area contributed by atoms with Crippen molar-refractivity contribution >= 4 is 35.4 Å². The summed E-state index contributed by atoms with van der Waals surface area (Å²) in [5.74, 6) is -19.6. The van der Waals surface area contributed by atoms with Gasteiger partial charge in [0.2, 0.25) is 11.8 Å². The second-order valence-electron chi connectivity index (χ2n) is 17.1. The van der Waals surface area contributed by atoms with E-state index >= 15 is 0 Å². The lowest BCUT2D eigenvalue weighted by Crippen LogP contribution is -2.69. The number of cyclic esters (lactones) is 1. The van der Waals surface area contributed by atoms with Crippen LogP contribution in [-0.4, -0.2) is 128 Å². The van der Waals surface area contributed by atoms with Crippen molar-refractivity contribution in [3.8, 4) is 5.75 Å². The number of amides is 4. The lowest BCUT2D eigenvalue weighted by atomic mass is 9.84. The summed E-state index contributed by atoms with van der Waals surface area (Å²) in [6.45, 7) is 5.28. The highest BCUT2D eigenvalue weighted by Crippen LogP contribution is 2.50. The minimum absolute atomic E-state index is 0.0543. The highest BCUT2D eigenvalue weighted by Gasteiger charge is 2.78. The number of nitrogens with zero attached hydrogens (tertiary/aromatic N) is 2. The van der Waals surface area contributed by atoms with E-state index in [2.05, 4.69) is 20.9 Å². The quantitative estimate of drug-likeness (QED) is 0.0681. The number of Topliss-reactive ketones (excluding diaryl/α,β-unsaturated/α-hetero) is 1. The molecule has 4 rings (SSSR count). The summed E-state index contributed by atoms with van der Waals surface area (Å²) in [5, 5.41) is 38.0. The molecule has 3 aliphatic heterocycles. The van der Waals surface area contributed by atoms with Crippen molar-refractivity contribution in [1.82, 2.24) is 26.1 Å². The van der Waals surface area contributed by atoms with Crippen LogP contribution in [0.25, 0.3) is 0 Å². The number of benzene rings is 1. The number of carbonyl (C=O) groups excluding carboxylic acids is 6. The Hall–Kier alpha value is -5.58. The topological polar surface area (TPSA) is 224 Å². The van der Waals surface area contributed by atoms with Gasteiger partial charge >= 0.3 is 23.9 Å². The molecular weight excluding hydrogens is 901 g/mol. The molecule has 67 heavy (non-hydrogen) atoms. The minimum Gasteiger partial charge on any atom is -0.508 e. The molecule has 22 heteroatoms. The number of halogens is 6. The first-order valence-corrected chi connectivity index (χ1v) is 21.6. The number of aliphatic hydroxyl groups is 2. The minimum atomic E-state index is -5.96. The number of aromatic hydroxyl groups is 1. The Morgan fingerprint density at radius 3 is 2.36 bits per heavy atom. The number of hydrogen-bond acceptors (Lipinski definition) is 12. The molecule has 1 unspecified atom stereocenters. The summed E-state index contributed by atoms with van der Waals surface area (Å²) < 4.78 is 89.5. The van der Waals surface area contributed by atoms with E-state index in [1.165, 1.54) is 63.3 Å². The van der Waals surface area contributed by atoms with Crippen molar-refractivity contribution < 1.29 is 80.0 Å². The Labute approximate surface area is 383 Å². The molecular formula is C45H57F6N5O11. The number of nitrogens with one attached hydrogen (secondary N) is 3. The molecule has 0 aliphatic carbocycles. The van der Waals surface area contributed by atoms with Gasteiger partial charge in [-0.25, -0.2) is 5.43 Å². The molecule has 2 saturated heterocycles. The Morgan fingerprint density at radius 1 is 1.00 bits per heavy atom. The lowest BCUT2D eigenvalue weighted by molar-refractivity contribution is -0.453. The van der Waals surface area contributed by atoms with Gasteiger partial charge < -0.3 is 35.5 Å². The predicted octanol–water partition coefficient (Wildman–Crippen LogP) is 3.97. The van der Waals surface area contributed by atoms with E-state index in [1.54, 1.807) is 19.9 Å². The zero-order chi connectivity index (χ0) is 50.0. The molecule has 2 fully saturated rings. The van der Waals surface area contributed by atoms with Crippen LogP contribution < -0.4 is 16.1 Å². The number of carbonyl (C=O) groups is 6. The van der Waals surface area contributed by atoms with E-state index in [1.807, 2.05) is 0 Å². The third-order valence-electron chi connectivity index (χ3n) is 11.5. The van der Waals surface area contributed by atoms with Gasteiger partial charge in [0.05, 0.1) is 18.1 Å². The maximum atomic E-state index is 14.3. The maximum absolute atomic E-state index is 14.3. The number of hydroxylamine groups is 2. The Kier molecular flexibility index (Phi) is 18.5. The van der Waals surface area contributed by atoms with Crippen molar-refractivity contribution in [3.05, 3.63) is 77.9 Å². The second-order valence-corrected chi connectivity index (χ2v) is 17.1. The van der Waals surface area contributed by atoms with E-state index in [0.717, 1.165) is 17.2 Å². The van der Waals surface area contributed by atoms with Crippen LogP contribution in [0.5, 0.6) is 5.75 Å². The SMILES string of the molecule is CC(=O)CC[C@H]1C(=O)N[C@@H](C(C)C)C(=O)N[C@@H](Cc2cccc(O)c2)C(=O)N2CCCC(N2)C(=O)O[C@H](/C(C)=C/C=C/C(=O)N2OCC(F)(F)C(F)(F)C2(F)F)C/C=C/C=C/[C@H](O)[C@H](C)[C@H]1O. The van der Waals surface area contributed by atoms with E-state index in [0.29, 0.717) is 11.6 Å². The molecule has 16 nitrogen and oxygen atoms in total. The highest BCUT2D eigenvalue weighted by atomic mass is 19.3. The average molecular weight is 958 g/mol. The highest BCUT2D eigenvalue weighted by molar-refractivity contribution is 5.93. The van der Waals surface area contributed by atoms with Gasteiger partial charge in [-0.15, -0.1) is 5.06 Å². The fourth-order valence-corrected chi connectivity index (χ4v) is 7.37. The molecule has 1 aromatic rings. The van der Waals surface area contributed by atoms with Crippen molar-refractivity contribution in [2.45, 2.75) is 127 Å². The van der Waals surface area contributed by atoms with Crippen molar-refractivity contribution in [2.75, 3.05) is 13.2 Å². The van der Waals surface area contributed by atoms with Gasteiger partial charge in [-0.2, -0.15) is 26.3 Å². The van der Waals surface area contributed by atoms with E-state index in [4.69, 9.17) is 4.74 Å². The normalized spacial score (nSPS) is 30.1. The van der Waals surface area contributed by atoms with Gasteiger partial charge in [0.1, 0.15) is 42.4 Å². The third kappa shape index (κ3) is 13.5. The van der Waals surface area contributed by atoms with Crippen molar-refractivity contribution in [3.63, 3.8) is 0 Å². The van der Waals surface area contributed by atoms with Crippen LogP contribution in [0.15, 0.2) is 72.4 Å². The predicted molar refractivity (Wildman–Crippen MR) is 226 cm³/mol. The summed E-state index contributed by atoms with van der Waals surface area (Å²) in [5.41, 5.74) is 3.41. The van der Waals surface area contributed by atoms with Gasteiger partial charge in [0.15, 0.2) is 0 Å². The van der Waals surface area contributed by atoms with Gasteiger partial charge in [-0.05, 0) is 62.3 Å². The first kappa shape index (κ1) is 54.0. The van der Waals surface area contributed by atoms with Gasteiger partial charge in [0, 0.05) is 37.8 Å². The molecule has 1 aromatic carbocycles. The van der Waals surface area contributed by atoms with Crippen LogP contribution in [0, 0.1) is 17.8 Å². The molecule has 3 heterocycles. The Morgan fingerprint density at radius 2 is 1.70 bits per heavy atom. The summed E-state index contributed by atoms with van der Waals surface area (Å²) in [7, 11) is 0. The molecule has 0 spiro atoms.